The third-order valence-corrected chi connectivity index (χ3v) is 7.18. The molecule has 3 aromatic carbocycles. The summed E-state index contributed by atoms with van der Waals surface area (Å²) >= 11 is 0. The van der Waals surface area contributed by atoms with Crippen LogP contribution in [0.2, 0.25) is 0 Å². The molecule has 0 radical (unpaired) electrons. The molecular weight excluding hydrogens is 422 g/mol. The molecule has 0 bridgehead atoms. The van der Waals surface area contributed by atoms with Crippen molar-refractivity contribution in [3.8, 4) is 6.07 Å². The van der Waals surface area contributed by atoms with Crippen molar-refractivity contribution >= 4 is 31.4 Å². The molecule has 154 valence electrons. The van der Waals surface area contributed by atoms with Gasteiger partial charge in [0.05, 0.1) is 27.1 Å². The Balaban J connectivity index is 1.94. The first-order valence-electron chi connectivity index (χ1n) is 8.84. The number of sulfonamides is 2. The van der Waals surface area contributed by atoms with Gasteiger partial charge < -0.3 is 0 Å². The number of nitrogens with one attached hydrogen (secondary N) is 2. The number of nitriles is 1. The van der Waals surface area contributed by atoms with E-state index in [9.17, 15) is 16.8 Å². The third kappa shape index (κ3) is 4.79. The average molecular weight is 442 g/mol. The topological polar surface area (TPSA) is 116 Å². The van der Waals surface area contributed by atoms with Crippen LogP contribution in [-0.4, -0.2) is 16.8 Å². The van der Waals surface area contributed by atoms with Gasteiger partial charge >= 0.3 is 0 Å². The SMILES string of the molecule is Cc1cccc(NS(=O)(=O)c2cc(NS(=O)(=O)c3cccc(C#N)c3)ccc2C)c1. The number of anilines is 2. The summed E-state index contributed by atoms with van der Waals surface area (Å²) in [5.41, 5.74) is 2.06. The number of hydrogen-bond donors (Lipinski definition) is 2. The van der Waals surface area contributed by atoms with Crippen molar-refractivity contribution in [3.05, 3.63) is 83.4 Å². The maximum absolute atomic E-state index is 12.9. The van der Waals surface area contributed by atoms with Crippen molar-refractivity contribution in [2.75, 3.05) is 9.44 Å². The molecular formula is C21H19N3O4S2. The summed E-state index contributed by atoms with van der Waals surface area (Å²) in [5.74, 6) is 0. The Kier molecular flexibility index (Phi) is 5.82. The first kappa shape index (κ1) is 21.4. The predicted octanol–water partition coefficient (Wildman–Crippen LogP) is 3.78. The van der Waals surface area contributed by atoms with Crippen LogP contribution in [0.1, 0.15) is 16.7 Å². The molecule has 0 fully saturated rings. The van der Waals surface area contributed by atoms with E-state index in [1.807, 2.05) is 19.1 Å². The third-order valence-electron chi connectivity index (χ3n) is 4.27. The van der Waals surface area contributed by atoms with Crippen LogP contribution in [0, 0.1) is 25.2 Å². The fourth-order valence-corrected chi connectivity index (χ4v) is 5.23. The van der Waals surface area contributed by atoms with Crippen LogP contribution in [0.25, 0.3) is 0 Å². The van der Waals surface area contributed by atoms with Crippen molar-refractivity contribution in [1.29, 1.82) is 5.26 Å². The molecule has 2 N–H and O–H groups in total. The lowest BCUT2D eigenvalue weighted by molar-refractivity contribution is 0.598. The van der Waals surface area contributed by atoms with Gasteiger partial charge in [0.2, 0.25) is 0 Å². The largest absolute Gasteiger partial charge is 0.280 e. The zero-order valence-electron chi connectivity index (χ0n) is 16.2. The number of benzene rings is 3. The monoisotopic (exact) mass is 441 g/mol. The van der Waals surface area contributed by atoms with E-state index in [2.05, 4.69) is 9.44 Å². The molecule has 0 aliphatic carbocycles. The van der Waals surface area contributed by atoms with Crippen molar-refractivity contribution < 1.29 is 16.8 Å². The van der Waals surface area contributed by atoms with Crippen LogP contribution in [-0.2, 0) is 20.0 Å². The summed E-state index contributed by atoms with van der Waals surface area (Å²) in [6.07, 6.45) is 0. The molecule has 3 rings (SSSR count). The molecule has 0 amide bonds. The van der Waals surface area contributed by atoms with Crippen molar-refractivity contribution in [1.82, 2.24) is 0 Å². The minimum absolute atomic E-state index is 0.0463. The summed E-state index contributed by atoms with van der Waals surface area (Å²) in [5, 5.41) is 8.97. The van der Waals surface area contributed by atoms with Crippen LogP contribution in [0.5, 0.6) is 0 Å². The maximum atomic E-state index is 12.9. The number of rotatable bonds is 6. The van der Waals surface area contributed by atoms with E-state index in [4.69, 9.17) is 5.26 Å². The Morgan fingerprint density at radius 1 is 0.767 bits per heavy atom. The van der Waals surface area contributed by atoms with E-state index < -0.39 is 20.0 Å². The zero-order chi connectivity index (χ0) is 21.9. The zero-order valence-corrected chi connectivity index (χ0v) is 17.9. The molecule has 0 spiro atoms. The molecule has 0 heterocycles. The van der Waals surface area contributed by atoms with Gasteiger partial charge in [-0.15, -0.1) is 0 Å². The first-order valence-corrected chi connectivity index (χ1v) is 11.8. The van der Waals surface area contributed by atoms with Crippen LogP contribution in [0.15, 0.2) is 76.5 Å². The molecule has 30 heavy (non-hydrogen) atoms. The number of aryl methyl sites for hydroxylation is 2. The smallest absolute Gasteiger partial charge is 0.262 e. The lowest BCUT2D eigenvalue weighted by atomic mass is 10.2. The van der Waals surface area contributed by atoms with E-state index in [0.29, 0.717) is 11.3 Å². The second-order valence-electron chi connectivity index (χ2n) is 6.70. The van der Waals surface area contributed by atoms with Crippen molar-refractivity contribution in [2.45, 2.75) is 23.6 Å². The van der Waals surface area contributed by atoms with Crippen LogP contribution >= 0.6 is 0 Å². The summed E-state index contributed by atoms with van der Waals surface area (Å²) in [6, 6.07) is 18.6. The van der Waals surface area contributed by atoms with Gasteiger partial charge in [-0.2, -0.15) is 5.26 Å². The highest BCUT2D eigenvalue weighted by atomic mass is 32.2. The van der Waals surface area contributed by atoms with E-state index >= 15 is 0 Å². The van der Waals surface area contributed by atoms with Gasteiger partial charge in [-0.1, -0.05) is 24.3 Å². The molecule has 9 heteroatoms. The second-order valence-corrected chi connectivity index (χ2v) is 10.0. The van der Waals surface area contributed by atoms with Crippen molar-refractivity contribution in [3.63, 3.8) is 0 Å². The number of nitrogens with zero attached hydrogens (tertiary/aromatic N) is 1. The van der Waals surface area contributed by atoms with Gasteiger partial charge in [-0.05, 0) is 67.4 Å². The Hall–Kier alpha value is -3.35. The Morgan fingerprint density at radius 3 is 2.13 bits per heavy atom. The fourth-order valence-electron chi connectivity index (χ4n) is 2.82. The lowest BCUT2D eigenvalue weighted by Crippen LogP contribution is -2.16. The second kappa shape index (κ2) is 8.18. The van der Waals surface area contributed by atoms with Gasteiger partial charge in [-0.3, -0.25) is 9.44 Å². The van der Waals surface area contributed by atoms with Crippen molar-refractivity contribution in [2.24, 2.45) is 0 Å². The molecule has 0 aliphatic heterocycles. The van der Waals surface area contributed by atoms with E-state index in [1.54, 1.807) is 25.1 Å². The quantitative estimate of drug-likeness (QED) is 0.604. The van der Waals surface area contributed by atoms with E-state index in [1.165, 1.54) is 42.5 Å². The Bertz CT molecular complexity index is 1360. The number of hydrogen-bond acceptors (Lipinski definition) is 5. The molecule has 7 nitrogen and oxygen atoms in total. The minimum Gasteiger partial charge on any atom is -0.280 e. The lowest BCUT2D eigenvalue weighted by Gasteiger charge is -2.14. The van der Waals surface area contributed by atoms with Gasteiger partial charge in [0.1, 0.15) is 0 Å². The molecule has 3 aromatic rings. The molecule has 0 aliphatic rings. The Labute approximate surface area is 176 Å². The molecule has 0 unspecified atom stereocenters. The average Bonchev–Trinajstić information content (AvgIpc) is 2.69. The standard InChI is InChI=1S/C21H19N3O4S2/c1-15-5-3-7-18(11-15)24-30(27,28)21-13-19(10-9-16(21)2)23-29(25,26)20-8-4-6-17(12-20)14-22/h3-13,23-24H,1-2H3. The summed E-state index contributed by atoms with van der Waals surface area (Å²) in [4.78, 5) is -0.139. The predicted molar refractivity (Wildman–Crippen MR) is 115 cm³/mol. The van der Waals surface area contributed by atoms with Gasteiger partial charge in [-0.25, -0.2) is 16.8 Å². The highest BCUT2D eigenvalue weighted by Gasteiger charge is 2.20. The van der Waals surface area contributed by atoms with Crippen LogP contribution in [0.3, 0.4) is 0 Å². The summed E-state index contributed by atoms with van der Waals surface area (Å²) < 4.78 is 56.0. The highest BCUT2D eigenvalue weighted by molar-refractivity contribution is 7.93. The highest BCUT2D eigenvalue weighted by Crippen LogP contribution is 2.25. The normalized spacial score (nSPS) is 11.5. The fraction of sp³-hybridized carbons (Fsp3) is 0.0952. The molecule has 0 atom stereocenters. The summed E-state index contributed by atoms with van der Waals surface area (Å²) in [7, 11) is -7.94. The van der Waals surface area contributed by atoms with Crippen LogP contribution < -0.4 is 9.44 Å². The van der Waals surface area contributed by atoms with Gasteiger partial charge in [0.15, 0.2) is 0 Å². The molecule has 0 saturated carbocycles. The van der Waals surface area contributed by atoms with E-state index in [0.717, 1.165) is 5.56 Å². The van der Waals surface area contributed by atoms with Crippen LogP contribution in [0.4, 0.5) is 11.4 Å². The molecule has 0 aromatic heterocycles. The Morgan fingerprint density at radius 2 is 1.43 bits per heavy atom. The minimum atomic E-state index is -4.00. The maximum Gasteiger partial charge on any atom is 0.262 e. The first-order chi connectivity index (χ1) is 14.1. The van der Waals surface area contributed by atoms with Gasteiger partial charge in [0, 0.05) is 5.69 Å². The molecule has 0 saturated heterocycles. The summed E-state index contributed by atoms with van der Waals surface area (Å²) in [6.45, 7) is 3.47. The van der Waals surface area contributed by atoms with E-state index in [-0.39, 0.29) is 21.0 Å². The van der Waals surface area contributed by atoms with Gasteiger partial charge in [0.25, 0.3) is 20.0 Å².